The number of aliphatic hydroxyl groups is 1. The first-order valence-electron chi connectivity index (χ1n) is 5.82. The average Bonchev–Trinajstić information content (AvgIpc) is 2.39. The van der Waals surface area contributed by atoms with E-state index < -0.39 is 5.97 Å². The quantitative estimate of drug-likeness (QED) is 0.381. The Bertz CT molecular complexity index is 551. The zero-order valence-corrected chi connectivity index (χ0v) is 13.0. The van der Waals surface area contributed by atoms with Crippen molar-refractivity contribution < 1.29 is 19.4 Å². The number of esters is 1. The summed E-state index contributed by atoms with van der Waals surface area (Å²) >= 11 is 3.32. The fourth-order valence-electron chi connectivity index (χ4n) is 1.34. The van der Waals surface area contributed by atoms with Crippen LogP contribution in [-0.2, 0) is 9.53 Å². The normalized spacial score (nSPS) is 12.2. The Balaban J connectivity index is 3.10. The molecular weight excluding hydrogens is 328 g/mol. The van der Waals surface area contributed by atoms with Crippen LogP contribution in [0.25, 0.3) is 0 Å². The van der Waals surface area contributed by atoms with Crippen LogP contribution >= 0.6 is 15.9 Å². The third-order valence-corrected chi connectivity index (χ3v) is 2.84. The number of rotatable bonds is 5. The minimum atomic E-state index is -0.731. The highest BCUT2D eigenvalue weighted by molar-refractivity contribution is 9.10. The van der Waals surface area contributed by atoms with E-state index in [0.29, 0.717) is 15.9 Å². The van der Waals surface area contributed by atoms with Crippen LogP contribution in [0.5, 0.6) is 5.75 Å². The number of hydrogen-bond donors (Lipinski definition) is 1. The number of azo groups is 1. The highest BCUT2D eigenvalue weighted by Crippen LogP contribution is 2.35. The number of hydrogen-bond acceptors (Lipinski definition) is 6. The Hall–Kier alpha value is -1.89. The van der Waals surface area contributed by atoms with Gasteiger partial charge in [-0.15, -0.1) is 10.2 Å². The van der Waals surface area contributed by atoms with Gasteiger partial charge in [0.05, 0.1) is 18.2 Å². The molecule has 6 nitrogen and oxygen atoms in total. The van der Waals surface area contributed by atoms with Crippen LogP contribution in [0.1, 0.15) is 13.8 Å². The fourth-order valence-corrected chi connectivity index (χ4v) is 1.86. The van der Waals surface area contributed by atoms with Gasteiger partial charge in [0.25, 0.3) is 0 Å². The molecule has 0 radical (unpaired) electrons. The first kappa shape index (κ1) is 16.2. The number of nitrogens with zero attached hydrogens (tertiary/aromatic N) is 2. The second-order valence-electron chi connectivity index (χ2n) is 3.65. The van der Waals surface area contributed by atoms with Gasteiger partial charge in [0.2, 0.25) is 5.70 Å². The van der Waals surface area contributed by atoms with Crippen LogP contribution < -0.4 is 4.74 Å². The van der Waals surface area contributed by atoms with Crippen molar-refractivity contribution in [1.29, 1.82) is 0 Å². The van der Waals surface area contributed by atoms with Gasteiger partial charge in [-0.05, 0) is 41.9 Å². The lowest BCUT2D eigenvalue weighted by molar-refractivity contribution is -0.138. The maximum Gasteiger partial charge on any atom is 0.362 e. The number of para-hydroxylation sites is 1. The van der Waals surface area contributed by atoms with E-state index >= 15 is 0 Å². The molecule has 1 rings (SSSR count). The number of aliphatic hydroxyl groups excluding tert-OH is 1. The molecule has 1 aromatic carbocycles. The highest BCUT2D eigenvalue weighted by Gasteiger charge is 2.14. The van der Waals surface area contributed by atoms with Gasteiger partial charge in [-0.1, -0.05) is 6.07 Å². The second kappa shape index (κ2) is 7.64. The van der Waals surface area contributed by atoms with Gasteiger partial charge in [-0.2, -0.15) is 0 Å². The summed E-state index contributed by atoms with van der Waals surface area (Å²) < 4.78 is 10.7. The average molecular weight is 343 g/mol. The molecule has 108 valence electrons. The molecular formula is C13H15BrN2O4. The SMILES string of the molecule is CCOC(=O)/C(N=Nc1cccc(Br)c1OC)=C(\C)O. The van der Waals surface area contributed by atoms with Gasteiger partial charge in [-0.25, -0.2) is 4.79 Å². The highest BCUT2D eigenvalue weighted by atomic mass is 79.9. The molecule has 0 aliphatic rings. The maximum atomic E-state index is 11.6. The number of carbonyl (C=O) groups excluding carboxylic acids is 1. The zero-order valence-electron chi connectivity index (χ0n) is 11.4. The second-order valence-corrected chi connectivity index (χ2v) is 4.50. The summed E-state index contributed by atoms with van der Waals surface area (Å²) in [4.78, 5) is 11.6. The van der Waals surface area contributed by atoms with Crippen molar-refractivity contribution in [2.45, 2.75) is 13.8 Å². The molecule has 0 atom stereocenters. The van der Waals surface area contributed by atoms with E-state index in [2.05, 4.69) is 26.2 Å². The molecule has 0 saturated carbocycles. The molecule has 1 aromatic rings. The predicted molar refractivity (Wildman–Crippen MR) is 77.2 cm³/mol. The van der Waals surface area contributed by atoms with Gasteiger partial charge in [0, 0.05) is 0 Å². The third-order valence-electron chi connectivity index (χ3n) is 2.22. The lowest BCUT2D eigenvalue weighted by Crippen LogP contribution is -2.07. The summed E-state index contributed by atoms with van der Waals surface area (Å²) in [6.45, 7) is 3.19. The summed E-state index contributed by atoms with van der Waals surface area (Å²) in [6.07, 6.45) is 0. The van der Waals surface area contributed by atoms with Crippen molar-refractivity contribution in [1.82, 2.24) is 0 Å². The number of halogens is 1. The number of methoxy groups -OCH3 is 1. The van der Waals surface area contributed by atoms with E-state index in [4.69, 9.17) is 9.47 Å². The molecule has 20 heavy (non-hydrogen) atoms. The molecule has 0 bridgehead atoms. The minimum Gasteiger partial charge on any atom is -0.510 e. The predicted octanol–water partition coefficient (Wildman–Crippen LogP) is 3.89. The molecule has 1 N–H and O–H groups in total. The van der Waals surface area contributed by atoms with Crippen LogP contribution in [0.2, 0.25) is 0 Å². The van der Waals surface area contributed by atoms with Gasteiger partial charge in [0.1, 0.15) is 11.4 Å². The van der Waals surface area contributed by atoms with Gasteiger partial charge >= 0.3 is 5.97 Å². The molecule has 0 aliphatic carbocycles. The largest absolute Gasteiger partial charge is 0.510 e. The topological polar surface area (TPSA) is 80.5 Å². The van der Waals surface area contributed by atoms with Gasteiger partial charge < -0.3 is 14.6 Å². The molecule has 0 amide bonds. The van der Waals surface area contributed by atoms with Crippen LogP contribution in [0.4, 0.5) is 5.69 Å². The van der Waals surface area contributed by atoms with E-state index in [1.54, 1.807) is 25.1 Å². The Morgan fingerprint density at radius 1 is 1.45 bits per heavy atom. The molecule has 7 heteroatoms. The van der Waals surface area contributed by atoms with Crippen LogP contribution in [0.15, 0.2) is 44.4 Å². The van der Waals surface area contributed by atoms with Crippen molar-refractivity contribution in [2.75, 3.05) is 13.7 Å². The van der Waals surface area contributed by atoms with Crippen molar-refractivity contribution in [2.24, 2.45) is 10.2 Å². The zero-order chi connectivity index (χ0) is 15.1. The lowest BCUT2D eigenvalue weighted by Gasteiger charge is -2.06. The molecule has 0 spiro atoms. The van der Waals surface area contributed by atoms with Crippen LogP contribution in [0, 0.1) is 0 Å². The lowest BCUT2D eigenvalue weighted by atomic mass is 10.3. The fraction of sp³-hybridized carbons (Fsp3) is 0.308. The van der Waals surface area contributed by atoms with E-state index in [0.717, 1.165) is 0 Å². The summed E-state index contributed by atoms with van der Waals surface area (Å²) in [6, 6.07) is 5.21. The van der Waals surface area contributed by atoms with E-state index in [1.165, 1.54) is 14.0 Å². The number of carbonyl (C=O) groups is 1. The minimum absolute atomic E-state index is 0.186. The van der Waals surface area contributed by atoms with Crippen molar-refractivity contribution in [3.05, 3.63) is 34.1 Å². The smallest absolute Gasteiger partial charge is 0.362 e. The Morgan fingerprint density at radius 2 is 2.15 bits per heavy atom. The summed E-state index contributed by atoms with van der Waals surface area (Å²) in [7, 11) is 1.50. The van der Waals surface area contributed by atoms with Crippen molar-refractivity contribution in [3.63, 3.8) is 0 Å². The third kappa shape index (κ3) is 4.06. The first-order valence-corrected chi connectivity index (χ1v) is 6.61. The Kier molecular flexibility index (Phi) is 6.17. The molecule has 0 unspecified atom stereocenters. The molecule has 0 aliphatic heterocycles. The molecule has 0 aromatic heterocycles. The van der Waals surface area contributed by atoms with E-state index in [9.17, 15) is 9.90 Å². The van der Waals surface area contributed by atoms with Crippen molar-refractivity contribution >= 4 is 27.6 Å². The van der Waals surface area contributed by atoms with Gasteiger partial charge in [0.15, 0.2) is 5.75 Å². The summed E-state index contributed by atoms with van der Waals surface area (Å²) in [5, 5.41) is 17.1. The van der Waals surface area contributed by atoms with Crippen LogP contribution in [0.3, 0.4) is 0 Å². The molecule has 0 heterocycles. The Labute approximate surface area is 125 Å². The molecule has 0 fully saturated rings. The number of allylic oxidation sites excluding steroid dienone is 1. The van der Waals surface area contributed by atoms with E-state index in [1.807, 2.05) is 0 Å². The summed E-state index contributed by atoms with van der Waals surface area (Å²) in [5.41, 5.74) is 0.179. The van der Waals surface area contributed by atoms with Crippen LogP contribution in [-0.4, -0.2) is 24.8 Å². The maximum absolute atomic E-state index is 11.6. The monoisotopic (exact) mass is 342 g/mol. The number of benzene rings is 1. The first-order chi connectivity index (χ1) is 9.51. The van der Waals surface area contributed by atoms with E-state index in [-0.39, 0.29) is 18.1 Å². The number of ether oxygens (including phenoxy) is 2. The standard InChI is InChI=1S/C13H15BrN2O4/c1-4-20-13(18)11(8(2)17)16-15-10-7-5-6-9(14)12(10)19-3/h5-7,17H,4H2,1-3H3/b11-8-,16-15?. The van der Waals surface area contributed by atoms with Crippen molar-refractivity contribution in [3.8, 4) is 5.75 Å². The summed E-state index contributed by atoms with van der Waals surface area (Å²) in [5.74, 6) is -0.513. The molecule has 0 saturated heterocycles. The Morgan fingerprint density at radius 3 is 2.70 bits per heavy atom. The van der Waals surface area contributed by atoms with Gasteiger partial charge in [-0.3, -0.25) is 0 Å².